The molecule has 1 unspecified atom stereocenters. The second-order valence-corrected chi connectivity index (χ2v) is 17.0. The minimum Gasteiger partial charge on any atom is -1.00 e. The molecule has 3 aromatic rings. The molecule has 30 heavy (non-hydrogen) atoms. The maximum atomic E-state index is 5.14. The Morgan fingerprint density at radius 3 is 2.07 bits per heavy atom. The molecule has 160 valence electrons. The summed E-state index contributed by atoms with van der Waals surface area (Å²) in [6.07, 6.45) is 6.88. The predicted octanol–water partition coefficient (Wildman–Crippen LogP) is 1.64. The van der Waals surface area contributed by atoms with Crippen LogP contribution >= 0.6 is 0 Å². The van der Waals surface area contributed by atoms with Gasteiger partial charge in [-0.2, -0.15) is 11.1 Å². The van der Waals surface area contributed by atoms with Crippen LogP contribution in [0.15, 0.2) is 70.1 Å². The average Bonchev–Trinajstić information content (AvgIpc) is 3.31. The largest absolute Gasteiger partial charge is 1.00 e. The third-order valence-electron chi connectivity index (χ3n) is 5.04. The molecule has 2 aromatic carbocycles. The Bertz CT molecular complexity index is 1010. The van der Waals surface area contributed by atoms with Crippen molar-refractivity contribution in [3.8, 4) is 11.1 Å². The smallest absolute Gasteiger partial charge is 0.0900 e. The molecular formula is C25H30Cl2OSiZr-2. The Balaban J connectivity index is 0.000000486. The average molecular weight is 537 g/mol. The van der Waals surface area contributed by atoms with E-state index in [0.717, 1.165) is 5.56 Å². The molecule has 1 aliphatic carbocycles. The molecule has 0 aliphatic heterocycles. The van der Waals surface area contributed by atoms with Gasteiger partial charge in [-0.15, -0.1) is 53.1 Å². The van der Waals surface area contributed by atoms with Gasteiger partial charge in [0.1, 0.15) is 0 Å². The van der Waals surface area contributed by atoms with E-state index >= 15 is 0 Å². The van der Waals surface area contributed by atoms with E-state index in [2.05, 4.69) is 84.1 Å². The van der Waals surface area contributed by atoms with Crippen LogP contribution in [0.3, 0.4) is 0 Å². The Morgan fingerprint density at radius 1 is 1.03 bits per heavy atom. The molecule has 1 heterocycles. The molecule has 0 N–H and O–H groups in total. The van der Waals surface area contributed by atoms with Crippen molar-refractivity contribution in [3.63, 3.8) is 0 Å². The summed E-state index contributed by atoms with van der Waals surface area (Å²) in [5.41, 5.74) is 8.21. The zero-order valence-electron chi connectivity index (χ0n) is 18.9. The van der Waals surface area contributed by atoms with Gasteiger partial charge in [0.25, 0.3) is 0 Å². The fourth-order valence-electron chi connectivity index (χ4n) is 3.32. The Morgan fingerprint density at radius 2 is 1.63 bits per heavy atom. The van der Waals surface area contributed by atoms with Crippen molar-refractivity contribution in [3.05, 3.63) is 77.3 Å². The van der Waals surface area contributed by atoms with Gasteiger partial charge in [0, 0.05) is 0 Å². The Kier molecular flexibility index (Phi) is 13.3. The van der Waals surface area contributed by atoms with Crippen LogP contribution in [0.2, 0.25) is 13.1 Å². The minimum atomic E-state index is 0. The van der Waals surface area contributed by atoms with Crippen molar-refractivity contribution in [2.75, 3.05) is 0 Å². The molecule has 4 rings (SSSR count). The molecule has 0 bridgehead atoms. The summed E-state index contributed by atoms with van der Waals surface area (Å²) in [6.45, 7) is 15.4. The van der Waals surface area contributed by atoms with Crippen LogP contribution in [-0.4, -0.2) is 5.43 Å². The van der Waals surface area contributed by atoms with E-state index in [-0.39, 0.29) is 30.2 Å². The summed E-state index contributed by atoms with van der Waals surface area (Å²) in [4.78, 5) is 0. The van der Waals surface area contributed by atoms with Gasteiger partial charge in [-0.3, -0.25) is 6.08 Å². The number of allylic oxidation sites excluding steroid dienone is 4. The number of hydrogen-bond donors (Lipinski definition) is 0. The first-order valence-electron chi connectivity index (χ1n) is 9.69. The van der Waals surface area contributed by atoms with Gasteiger partial charge in [0.05, 0.1) is 12.5 Å². The maximum Gasteiger partial charge on any atom is 0.0900 e. The van der Waals surface area contributed by atoms with Crippen LogP contribution in [0.1, 0.15) is 33.3 Å². The van der Waals surface area contributed by atoms with Crippen LogP contribution in [-0.2, 0) is 23.3 Å². The number of hydrogen-bond acceptors (Lipinski definition) is 1. The summed E-state index contributed by atoms with van der Waals surface area (Å²) in [7, 11) is 0. The van der Waals surface area contributed by atoms with Crippen LogP contribution in [0.5, 0.6) is 0 Å². The second kappa shape index (κ2) is 13.6. The standard InChI is InChI=1S/C14H11O.C9H13.C2H6Si.2ClH.Zr/c1-10-8-11-4-2-3-5-13(11)14(10)12-6-7-15-9-12;1-6-5-7(2)9(4)8(6)3;1-3-2;;;/h2-9H,1H3;6H,1-4H3;1-2H3;2*1H;/q2*-1;;;;+2/p-2. The Hall–Kier alpha value is -0.730. The molecule has 0 saturated heterocycles. The molecular weight excluding hydrogens is 506 g/mol. The van der Waals surface area contributed by atoms with Crippen molar-refractivity contribution < 1.29 is 52.6 Å². The molecule has 1 atom stereocenters. The summed E-state index contributed by atoms with van der Waals surface area (Å²) in [5.74, 6) is 0.560. The summed E-state index contributed by atoms with van der Waals surface area (Å²) in [5, 5.41) is 2.60. The number of benzene rings is 1. The van der Waals surface area contributed by atoms with E-state index in [1.54, 1.807) is 35.9 Å². The summed E-state index contributed by atoms with van der Waals surface area (Å²) < 4.78 is 5.14. The van der Waals surface area contributed by atoms with Gasteiger partial charge < -0.3 is 29.2 Å². The van der Waals surface area contributed by atoms with Gasteiger partial charge in [-0.1, -0.05) is 39.7 Å². The van der Waals surface area contributed by atoms with Crippen LogP contribution in [0, 0.1) is 18.9 Å². The fraction of sp³-hybridized carbons (Fsp3) is 0.320. The normalized spacial score (nSPS) is 14.6. The fourth-order valence-corrected chi connectivity index (χ4v) is 3.32. The van der Waals surface area contributed by atoms with Gasteiger partial charge >= 0.3 is 41.9 Å². The SMILES string of the molecule is CC1=[C-]C(C)C(C)=C1C.C[Si](C)=[Zr+2].Cc1[cH-]c2ccccc2c1-c1ccoc1.[Cl-].[Cl-]. The van der Waals surface area contributed by atoms with Crippen molar-refractivity contribution in [1.29, 1.82) is 0 Å². The maximum absolute atomic E-state index is 5.14. The predicted molar refractivity (Wildman–Crippen MR) is 119 cm³/mol. The van der Waals surface area contributed by atoms with Crippen LogP contribution in [0.4, 0.5) is 0 Å². The molecule has 5 heteroatoms. The van der Waals surface area contributed by atoms with Gasteiger partial charge in [-0.25, -0.2) is 5.57 Å². The molecule has 0 saturated carbocycles. The monoisotopic (exact) mass is 534 g/mol. The van der Waals surface area contributed by atoms with E-state index in [9.17, 15) is 0 Å². The molecule has 0 spiro atoms. The van der Waals surface area contributed by atoms with E-state index in [1.165, 1.54) is 38.6 Å². The number of fused-ring (bicyclic) bond motifs is 1. The first-order chi connectivity index (χ1) is 13.2. The molecule has 1 aromatic heterocycles. The topological polar surface area (TPSA) is 13.1 Å². The van der Waals surface area contributed by atoms with Crippen molar-refractivity contribution in [1.82, 2.24) is 0 Å². The van der Waals surface area contributed by atoms with E-state index in [1.807, 2.05) is 6.07 Å². The zero-order chi connectivity index (χ0) is 20.8. The summed E-state index contributed by atoms with van der Waals surface area (Å²) in [6, 6.07) is 12.7. The molecule has 1 aliphatic rings. The number of furan rings is 1. The van der Waals surface area contributed by atoms with Gasteiger partial charge in [-0.05, 0) is 11.6 Å². The van der Waals surface area contributed by atoms with Crippen molar-refractivity contribution in [2.24, 2.45) is 5.92 Å². The van der Waals surface area contributed by atoms with E-state index in [0.29, 0.717) is 5.92 Å². The van der Waals surface area contributed by atoms with Crippen LogP contribution < -0.4 is 24.8 Å². The summed E-state index contributed by atoms with van der Waals surface area (Å²) >= 11 is 1.74. The number of rotatable bonds is 1. The quantitative estimate of drug-likeness (QED) is 0.341. The first-order valence-corrected chi connectivity index (χ1v) is 15.9. The number of aryl methyl sites for hydroxylation is 1. The first kappa shape index (κ1) is 29.3. The van der Waals surface area contributed by atoms with Gasteiger partial charge in [0.2, 0.25) is 0 Å². The zero-order valence-corrected chi connectivity index (χ0v) is 23.8. The molecule has 1 nitrogen and oxygen atoms in total. The van der Waals surface area contributed by atoms with Gasteiger partial charge in [0.15, 0.2) is 0 Å². The van der Waals surface area contributed by atoms with Crippen LogP contribution in [0.25, 0.3) is 21.9 Å². The van der Waals surface area contributed by atoms with Crippen molar-refractivity contribution in [2.45, 2.75) is 47.7 Å². The number of halogens is 2. The second-order valence-electron chi connectivity index (χ2n) is 7.60. The third kappa shape index (κ3) is 7.75. The molecule has 0 radical (unpaired) electrons. The van der Waals surface area contributed by atoms with Crippen molar-refractivity contribution >= 4 is 16.2 Å². The van der Waals surface area contributed by atoms with E-state index in [4.69, 9.17) is 4.42 Å². The third-order valence-corrected chi connectivity index (χ3v) is 5.04. The minimum absolute atomic E-state index is 0. The molecule has 0 fully saturated rings. The Labute approximate surface area is 209 Å². The molecule has 0 amide bonds. The van der Waals surface area contributed by atoms with E-state index < -0.39 is 0 Å².